The zero-order chi connectivity index (χ0) is 25.1. The van der Waals surface area contributed by atoms with E-state index in [1.807, 2.05) is 41.3 Å². The van der Waals surface area contributed by atoms with Crippen molar-refractivity contribution in [3.63, 3.8) is 0 Å². The lowest BCUT2D eigenvalue weighted by atomic mass is 9.86. The van der Waals surface area contributed by atoms with Gasteiger partial charge in [-0.2, -0.15) is 0 Å². The van der Waals surface area contributed by atoms with Crippen molar-refractivity contribution in [2.75, 3.05) is 16.9 Å². The summed E-state index contributed by atoms with van der Waals surface area (Å²) in [4.78, 5) is 44.4. The first-order chi connectivity index (χ1) is 17.4. The van der Waals surface area contributed by atoms with Crippen molar-refractivity contribution in [1.82, 2.24) is 0 Å². The molecule has 0 N–H and O–H groups in total. The van der Waals surface area contributed by atoms with Gasteiger partial charge in [0.05, 0.1) is 35.1 Å². The van der Waals surface area contributed by atoms with Crippen LogP contribution in [0.15, 0.2) is 77.3 Å². The third-order valence-corrected chi connectivity index (χ3v) is 7.83. The van der Waals surface area contributed by atoms with E-state index in [-0.39, 0.29) is 11.5 Å². The summed E-state index contributed by atoms with van der Waals surface area (Å²) in [5.41, 5.74) is 1.97. The van der Waals surface area contributed by atoms with Gasteiger partial charge in [0.2, 0.25) is 11.8 Å². The van der Waals surface area contributed by atoms with E-state index in [1.165, 1.54) is 25.3 Å². The lowest BCUT2D eigenvalue weighted by molar-refractivity contribution is -0.123. The molecule has 3 aromatic carbocycles. The molecule has 8 heteroatoms. The minimum atomic E-state index is -0.966. The second kappa shape index (κ2) is 8.41. The van der Waals surface area contributed by atoms with E-state index in [1.54, 1.807) is 24.3 Å². The summed E-state index contributed by atoms with van der Waals surface area (Å²) < 4.78 is 20.6. The van der Waals surface area contributed by atoms with Gasteiger partial charge < -0.3 is 9.64 Å². The van der Waals surface area contributed by atoms with E-state index in [0.717, 1.165) is 16.2 Å². The fourth-order valence-electron chi connectivity index (χ4n) is 5.67. The highest BCUT2D eigenvalue weighted by molar-refractivity contribution is 9.10. The minimum Gasteiger partial charge on any atom is -0.496 e. The number of carbonyl (C=O) groups excluding carboxylic acids is 3. The van der Waals surface area contributed by atoms with Crippen LogP contribution in [-0.4, -0.2) is 36.8 Å². The summed E-state index contributed by atoms with van der Waals surface area (Å²) in [7, 11) is 1.53. The number of hydrogen-bond donors (Lipinski definition) is 0. The summed E-state index contributed by atoms with van der Waals surface area (Å²) in [5.74, 6) is -3.25. The first-order valence-electron chi connectivity index (χ1n) is 11.5. The molecule has 2 amide bonds. The van der Waals surface area contributed by atoms with Gasteiger partial charge in [0, 0.05) is 11.3 Å². The standard InChI is InChI=1S/C28H20BrFN2O4/c1-36-22-13-11-16(14-17(22)29)26(33)25-24-23(21-12-10-15-6-2-4-8-19(15)31(21)25)27(34)32(28(24)35)20-9-5-3-7-18(20)30/h2-14,21,23-25H,1H3/t21-,23-,24-,25+/m1/s1. The Morgan fingerprint density at radius 2 is 1.64 bits per heavy atom. The van der Waals surface area contributed by atoms with Gasteiger partial charge in [0.15, 0.2) is 5.78 Å². The molecular weight excluding hydrogens is 527 g/mol. The van der Waals surface area contributed by atoms with Crippen LogP contribution < -0.4 is 14.5 Å². The normalized spacial score (nSPS) is 24.0. The fourth-order valence-corrected chi connectivity index (χ4v) is 6.22. The molecule has 3 aromatic rings. The zero-order valence-corrected chi connectivity index (χ0v) is 20.7. The van der Waals surface area contributed by atoms with Crippen LogP contribution in [0.5, 0.6) is 5.75 Å². The topological polar surface area (TPSA) is 66.9 Å². The fraction of sp³-hybridized carbons (Fsp3) is 0.179. The van der Waals surface area contributed by atoms with Crippen LogP contribution in [-0.2, 0) is 9.59 Å². The largest absolute Gasteiger partial charge is 0.496 e. The molecule has 3 aliphatic rings. The monoisotopic (exact) mass is 546 g/mol. The van der Waals surface area contributed by atoms with Crippen LogP contribution >= 0.6 is 15.9 Å². The molecule has 0 radical (unpaired) electrons. The van der Waals surface area contributed by atoms with Gasteiger partial charge in [-0.25, -0.2) is 9.29 Å². The number of nitrogens with zero attached hydrogens (tertiary/aromatic N) is 2. The molecule has 6 nitrogen and oxygen atoms in total. The van der Waals surface area contributed by atoms with Crippen molar-refractivity contribution in [2.45, 2.75) is 12.1 Å². The number of imide groups is 1. The Labute approximate surface area is 215 Å². The molecule has 4 atom stereocenters. The van der Waals surface area contributed by atoms with Crippen LogP contribution in [0.2, 0.25) is 0 Å². The van der Waals surface area contributed by atoms with Crippen molar-refractivity contribution in [1.29, 1.82) is 0 Å². The number of anilines is 2. The maximum absolute atomic E-state index is 14.7. The number of para-hydroxylation sites is 2. The third kappa shape index (κ3) is 3.17. The number of halogens is 2. The molecular formula is C28H20BrFN2O4. The smallest absolute Gasteiger partial charge is 0.240 e. The van der Waals surface area contributed by atoms with Gasteiger partial charge in [-0.3, -0.25) is 14.4 Å². The van der Waals surface area contributed by atoms with Crippen molar-refractivity contribution in [3.8, 4) is 5.75 Å². The second-order valence-electron chi connectivity index (χ2n) is 8.99. The number of ketones is 1. The average Bonchev–Trinajstić information content (AvgIpc) is 3.36. The van der Waals surface area contributed by atoms with E-state index in [2.05, 4.69) is 15.9 Å². The maximum atomic E-state index is 14.7. The molecule has 0 aliphatic carbocycles. The number of hydrogen-bond acceptors (Lipinski definition) is 5. The van der Waals surface area contributed by atoms with Gasteiger partial charge >= 0.3 is 0 Å². The summed E-state index contributed by atoms with van der Waals surface area (Å²) in [6.07, 6.45) is 3.78. The van der Waals surface area contributed by atoms with E-state index in [9.17, 15) is 18.8 Å². The van der Waals surface area contributed by atoms with Gasteiger partial charge in [-0.05, 0) is 57.9 Å². The van der Waals surface area contributed by atoms with Crippen LogP contribution in [0, 0.1) is 17.7 Å². The summed E-state index contributed by atoms with van der Waals surface area (Å²) in [6.45, 7) is 0. The van der Waals surface area contributed by atoms with Crippen LogP contribution in [0.1, 0.15) is 15.9 Å². The molecule has 2 saturated heterocycles. The molecule has 0 unspecified atom stereocenters. The van der Waals surface area contributed by atoms with Crippen molar-refractivity contribution >= 4 is 51.0 Å². The van der Waals surface area contributed by atoms with Gasteiger partial charge in [0.25, 0.3) is 0 Å². The predicted molar refractivity (Wildman–Crippen MR) is 136 cm³/mol. The Kier molecular flexibility index (Phi) is 5.30. The Balaban J connectivity index is 1.50. The van der Waals surface area contributed by atoms with E-state index >= 15 is 0 Å². The number of benzene rings is 3. The van der Waals surface area contributed by atoms with E-state index in [4.69, 9.17) is 4.74 Å². The first kappa shape index (κ1) is 22.7. The molecule has 180 valence electrons. The number of ether oxygens (including phenoxy) is 1. The highest BCUT2D eigenvalue weighted by Gasteiger charge is 2.64. The molecule has 0 aromatic heterocycles. The Hall–Kier alpha value is -3.78. The van der Waals surface area contributed by atoms with E-state index in [0.29, 0.717) is 15.8 Å². The quantitative estimate of drug-likeness (QED) is 0.345. The Morgan fingerprint density at radius 3 is 2.36 bits per heavy atom. The number of methoxy groups -OCH3 is 1. The number of amides is 2. The number of carbonyl (C=O) groups is 3. The van der Waals surface area contributed by atoms with Crippen molar-refractivity contribution in [2.24, 2.45) is 11.8 Å². The van der Waals surface area contributed by atoms with Crippen LogP contribution in [0.25, 0.3) is 6.08 Å². The van der Waals surface area contributed by atoms with Crippen LogP contribution in [0.4, 0.5) is 15.8 Å². The van der Waals surface area contributed by atoms with Crippen molar-refractivity contribution < 1.29 is 23.5 Å². The second-order valence-corrected chi connectivity index (χ2v) is 9.84. The molecule has 0 bridgehead atoms. The number of Topliss-reactive ketones (excluding diaryl/α,β-unsaturated/α-hetero) is 1. The summed E-state index contributed by atoms with van der Waals surface area (Å²) in [5, 5.41) is 0. The van der Waals surface area contributed by atoms with Crippen molar-refractivity contribution in [3.05, 3.63) is 94.2 Å². The SMILES string of the molecule is COc1ccc(C(=O)[C@@H]2[C@@H]3C(=O)N(c4ccccc4F)C(=O)[C@@H]3[C@H]3C=Cc4ccccc4N32)cc1Br. The molecule has 0 saturated carbocycles. The summed E-state index contributed by atoms with van der Waals surface area (Å²) in [6, 6.07) is 16.8. The van der Waals surface area contributed by atoms with Gasteiger partial charge in [0.1, 0.15) is 17.6 Å². The van der Waals surface area contributed by atoms with Crippen LogP contribution in [0.3, 0.4) is 0 Å². The number of rotatable bonds is 4. The lowest BCUT2D eigenvalue weighted by Gasteiger charge is -2.36. The maximum Gasteiger partial charge on any atom is 0.240 e. The highest BCUT2D eigenvalue weighted by atomic mass is 79.9. The van der Waals surface area contributed by atoms with Gasteiger partial charge in [-0.1, -0.05) is 42.5 Å². The molecule has 2 fully saturated rings. The molecule has 36 heavy (non-hydrogen) atoms. The lowest BCUT2D eigenvalue weighted by Crippen LogP contribution is -2.49. The molecule has 6 rings (SSSR count). The zero-order valence-electron chi connectivity index (χ0n) is 19.1. The molecule has 3 heterocycles. The third-order valence-electron chi connectivity index (χ3n) is 7.21. The average molecular weight is 547 g/mol. The van der Waals surface area contributed by atoms with E-state index < -0.39 is 41.6 Å². The minimum absolute atomic E-state index is 0.0907. The molecule has 3 aliphatic heterocycles. The number of fused-ring (bicyclic) bond motifs is 5. The summed E-state index contributed by atoms with van der Waals surface area (Å²) >= 11 is 3.43. The molecule has 0 spiro atoms. The Bertz CT molecular complexity index is 1470. The van der Waals surface area contributed by atoms with Gasteiger partial charge in [-0.15, -0.1) is 0 Å². The highest BCUT2D eigenvalue weighted by Crippen LogP contribution is 2.50. The Morgan fingerprint density at radius 1 is 0.944 bits per heavy atom. The first-order valence-corrected chi connectivity index (χ1v) is 12.3. The predicted octanol–water partition coefficient (Wildman–Crippen LogP) is 4.87.